The average molecular weight is 383 g/mol. The largest absolute Gasteiger partial charge is 0.465 e. The van der Waals surface area contributed by atoms with Crippen LogP contribution < -0.4 is 0 Å². The molecule has 2 rings (SSSR count). The van der Waals surface area contributed by atoms with Crippen molar-refractivity contribution in [3.63, 3.8) is 0 Å². The summed E-state index contributed by atoms with van der Waals surface area (Å²) in [7, 11) is -3.88. The lowest BCUT2D eigenvalue weighted by atomic mass is 10.1. The summed E-state index contributed by atoms with van der Waals surface area (Å²) in [5, 5.41) is -1.37. The standard InChI is InChI=1S/C16H15BrO4S/c1-2-21-16(18)15(12-8-10-13(17)11-9-12)22(19,20)14-6-4-3-5-7-14/h3-11,15H,2H2,1H3. The van der Waals surface area contributed by atoms with Gasteiger partial charge in [0.25, 0.3) is 0 Å². The van der Waals surface area contributed by atoms with Crippen molar-refractivity contribution >= 4 is 31.7 Å². The van der Waals surface area contributed by atoms with Crippen LogP contribution in [0.2, 0.25) is 0 Å². The molecule has 0 bridgehead atoms. The zero-order chi connectivity index (χ0) is 16.2. The lowest BCUT2D eigenvalue weighted by Crippen LogP contribution is -2.24. The molecule has 0 amide bonds. The molecule has 0 fully saturated rings. The van der Waals surface area contributed by atoms with E-state index in [0.717, 1.165) is 4.47 Å². The zero-order valence-corrected chi connectivity index (χ0v) is 14.3. The van der Waals surface area contributed by atoms with E-state index < -0.39 is 21.1 Å². The van der Waals surface area contributed by atoms with E-state index in [1.54, 1.807) is 49.4 Å². The Hall–Kier alpha value is -1.66. The third kappa shape index (κ3) is 3.56. The van der Waals surface area contributed by atoms with Crippen molar-refractivity contribution < 1.29 is 17.9 Å². The quantitative estimate of drug-likeness (QED) is 0.742. The molecule has 2 aromatic rings. The van der Waals surface area contributed by atoms with Crippen molar-refractivity contribution in [2.75, 3.05) is 6.61 Å². The molecule has 1 atom stereocenters. The highest BCUT2D eigenvalue weighted by atomic mass is 79.9. The Morgan fingerprint density at radius 2 is 1.68 bits per heavy atom. The van der Waals surface area contributed by atoms with Crippen molar-refractivity contribution in [3.8, 4) is 0 Å². The van der Waals surface area contributed by atoms with Crippen LogP contribution in [0.3, 0.4) is 0 Å². The Bertz CT molecular complexity index is 739. The predicted octanol–water partition coefficient (Wildman–Crippen LogP) is 3.53. The van der Waals surface area contributed by atoms with Crippen LogP contribution in [-0.4, -0.2) is 21.0 Å². The van der Waals surface area contributed by atoms with E-state index in [2.05, 4.69) is 15.9 Å². The second-order valence-electron chi connectivity index (χ2n) is 4.54. The molecule has 0 spiro atoms. The van der Waals surface area contributed by atoms with Gasteiger partial charge in [-0.3, -0.25) is 4.79 Å². The van der Waals surface area contributed by atoms with Crippen LogP contribution in [0.4, 0.5) is 0 Å². The molecule has 2 aromatic carbocycles. The predicted molar refractivity (Wildman–Crippen MR) is 87.1 cm³/mol. The Morgan fingerprint density at radius 3 is 2.23 bits per heavy atom. The van der Waals surface area contributed by atoms with E-state index in [1.807, 2.05) is 0 Å². The van der Waals surface area contributed by atoms with Gasteiger partial charge in [-0.1, -0.05) is 46.3 Å². The van der Waals surface area contributed by atoms with Crippen LogP contribution in [0.1, 0.15) is 17.7 Å². The maximum atomic E-state index is 12.8. The van der Waals surface area contributed by atoms with Gasteiger partial charge in [-0.2, -0.15) is 0 Å². The smallest absolute Gasteiger partial charge is 0.329 e. The number of ether oxygens (including phenoxy) is 1. The maximum absolute atomic E-state index is 12.8. The summed E-state index contributed by atoms with van der Waals surface area (Å²) in [5.41, 5.74) is 0.380. The van der Waals surface area contributed by atoms with Gasteiger partial charge in [-0.25, -0.2) is 8.42 Å². The van der Waals surface area contributed by atoms with Crippen LogP contribution in [0.5, 0.6) is 0 Å². The number of hydrogen-bond donors (Lipinski definition) is 0. The third-order valence-electron chi connectivity index (χ3n) is 3.06. The van der Waals surface area contributed by atoms with Crippen LogP contribution in [0.15, 0.2) is 64.0 Å². The van der Waals surface area contributed by atoms with Crippen molar-refractivity contribution in [1.29, 1.82) is 0 Å². The van der Waals surface area contributed by atoms with Crippen molar-refractivity contribution in [1.82, 2.24) is 0 Å². The van der Waals surface area contributed by atoms with E-state index in [0.29, 0.717) is 5.56 Å². The number of benzene rings is 2. The first-order chi connectivity index (χ1) is 10.5. The first kappa shape index (κ1) is 16.7. The van der Waals surface area contributed by atoms with Crippen molar-refractivity contribution in [2.45, 2.75) is 17.1 Å². The summed E-state index contributed by atoms with van der Waals surface area (Å²) < 4.78 is 31.4. The molecule has 0 aliphatic rings. The minimum atomic E-state index is -3.88. The summed E-state index contributed by atoms with van der Waals surface area (Å²) in [5.74, 6) is -0.770. The highest BCUT2D eigenvalue weighted by Crippen LogP contribution is 2.31. The van der Waals surface area contributed by atoms with Gasteiger partial charge in [0.2, 0.25) is 0 Å². The summed E-state index contributed by atoms with van der Waals surface area (Å²) in [6.45, 7) is 1.77. The lowest BCUT2D eigenvalue weighted by molar-refractivity contribution is -0.142. The molecule has 0 aliphatic heterocycles. The minimum Gasteiger partial charge on any atom is -0.465 e. The van der Waals surface area contributed by atoms with Crippen LogP contribution in [0, 0.1) is 0 Å². The van der Waals surface area contributed by atoms with Crippen LogP contribution in [0.25, 0.3) is 0 Å². The summed E-state index contributed by atoms with van der Waals surface area (Å²) in [6.07, 6.45) is 0. The number of esters is 1. The number of hydrogen-bond acceptors (Lipinski definition) is 4. The molecule has 0 saturated heterocycles. The van der Waals surface area contributed by atoms with Gasteiger partial charge in [-0.15, -0.1) is 0 Å². The van der Waals surface area contributed by atoms with E-state index >= 15 is 0 Å². The van der Waals surface area contributed by atoms with Gasteiger partial charge in [0.1, 0.15) is 0 Å². The average Bonchev–Trinajstić information content (AvgIpc) is 2.50. The molecule has 6 heteroatoms. The Morgan fingerprint density at radius 1 is 1.09 bits per heavy atom. The van der Waals surface area contributed by atoms with E-state index in [4.69, 9.17) is 4.74 Å². The normalized spacial score (nSPS) is 12.6. The van der Waals surface area contributed by atoms with Crippen molar-refractivity contribution in [2.24, 2.45) is 0 Å². The number of carbonyl (C=O) groups excluding carboxylic acids is 1. The Kier molecular flexibility index (Phi) is 5.37. The molecule has 0 N–H and O–H groups in total. The summed E-state index contributed by atoms with van der Waals surface area (Å²) >= 11 is 3.29. The first-order valence-corrected chi connectivity index (χ1v) is 9.01. The molecule has 0 saturated carbocycles. The molecule has 0 heterocycles. The molecule has 0 radical (unpaired) electrons. The first-order valence-electron chi connectivity index (χ1n) is 6.68. The highest BCUT2D eigenvalue weighted by Gasteiger charge is 2.36. The molecule has 0 aromatic heterocycles. The Labute approximate surface area is 138 Å². The number of carbonyl (C=O) groups is 1. The van der Waals surface area contributed by atoms with Gasteiger partial charge in [-0.05, 0) is 36.8 Å². The fourth-order valence-corrected chi connectivity index (χ4v) is 3.95. The molecule has 4 nitrogen and oxygen atoms in total. The minimum absolute atomic E-state index is 0.0935. The maximum Gasteiger partial charge on any atom is 0.329 e. The molecular weight excluding hydrogens is 368 g/mol. The molecule has 116 valence electrons. The van der Waals surface area contributed by atoms with Gasteiger partial charge in [0, 0.05) is 4.47 Å². The lowest BCUT2D eigenvalue weighted by Gasteiger charge is -2.17. The van der Waals surface area contributed by atoms with Gasteiger partial charge >= 0.3 is 5.97 Å². The van der Waals surface area contributed by atoms with Gasteiger partial charge < -0.3 is 4.74 Å². The van der Waals surface area contributed by atoms with Crippen molar-refractivity contribution in [3.05, 3.63) is 64.6 Å². The van der Waals surface area contributed by atoms with E-state index in [1.165, 1.54) is 12.1 Å². The zero-order valence-electron chi connectivity index (χ0n) is 11.9. The number of sulfone groups is 1. The van der Waals surface area contributed by atoms with Crippen LogP contribution in [-0.2, 0) is 19.4 Å². The fraction of sp³-hybridized carbons (Fsp3) is 0.188. The van der Waals surface area contributed by atoms with E-state index in [9.17, 15) is 13.2 Å². The summed E-state index contributed by atoms with van der Waals surface area (Å²) in [6, 6.07) is 14.5. The number of rotatable bonds is 5. The molecule has 0 aliphatic carbocycles. The van der Waals surface area contributed by atoms with Gasteiger partial charge in [0.15, 0.2) is 15.1 Å². The molecule has 1 unspecified atom stereocenters. The monoisotopic (exact) mass is 382 g/mol. The Balaban J connectivity index is 2.54. The van der Waals surface area contributed by atoms with Gasteiger partial charge in [0.05, 0.1) is 11.5 Å². The second kappa shape index (κ2) is 7.07. The SMILES string of the molecule is CCOC(=O)C(c1ccc(Br)cc1)S(=O)(=O)c1ccccc1. The summed E-state index contributed by atoms with van der Waals surface area (Å²) in [4.78, 5) is 12.3. The highest BCUT2D eigenvalue weighted by molar-refractivity contribution is 9.10. The van der Waals surface area contributed by atoms with Crippen LogP contribution >= 0.6 is 15.9 Å². The second-order valence-corrected chi connectivity index (χ2v) is 7.49. The number of halogens is 1. The third-order valence-corrected chi connectivity index (χ3v) is 5.60. The molecular formula is C16H15BrO4S. The topological polar surface area (TPSA) is 60.4 Å². The molecule has 22 heavy (non-hydrogen) atoms. The fourth-order valence-electron chi connectivity index (χ4n) is 2.04. The van der Waals surface area contributed by atoms with E-state index in [-0.39, 0.29) is 11.5 Å².